The number of halogens is 2. The van der Waals surface area contributed by atoms with Crippen molar-refractivity contribution in [2.24, 2.45) is 0 Å². The molecule has 1 unspecified atom stereocenters. The van der Waals surface area contributed by atoms with Crippen LogP contribution < -0.4 is 5.32 Å². The molecule has 120 valence electrons. The van der Waals surface area contributed by atoms with Crippen molar-refractivity contribution in [1.29, 1.82) is 0 Å². The van der Waals surface area contributed by atoms with Crippen molar-refractivity contribution >= 4 is 37.5 Å². The third-order valence-electron chi connectivity index (χ3n) is 2.69. The summed E-state index contributed by atoms with van der Waals surface area (Å²) in [7, 11) is 0. The molecule has 0 aliphatic carbocycles. The van der Waals surface area contributed by atoms with Crippen LogP contribution in [0.2, 0.25) is 0 Å². The summed E-state index contributed by atoms with van der Waals surface area (Å²) < 4.78 is 12.7. The number of aliphatic hydroxyl groups is 1. The first-order valence-electron chi connectivity index (χ1n) is 6.97. The summed E-state index contributed by atoms with van der Waals surface area (Å²) in [4.78, 5) is 0. The van der Waals surface area contributed by atoms with Crippen molar-refractivity contribution in [3.63, 3.8) is 0 Å². The lowest BCUT2D eigenvalue weighted by atomic mass is 10.2. The van der Waals surface area contributed by atoms with Crippen LogP contribution in [0, 0.1) is 6.92 Å². The van der Waals surface area contributed by atoms with Gasteiger partial charge in [-0.1, -0.05) is 0 Å². The molecular formula is C15H23Br2NO3. The van der Waals surface area contributed by atoms with Gasteiger partial charge in [-0.25, -0.2) is 0 Å². The van der Waals surface area contributed by atoms with E-state index in [1.165, 1.54) is 0 Å². The Morgan fingerprint density at radius 1 is 1.19 bits per heavy atom. The number of ether oxygens (including phenoxy) is 2. The maximum atomic E-state index is 9.90. The van der Waals surface area contributed by atoms with Crippen LogP contribution in [0.15, 0.2) is 21.1 Å². The molecule has 6 heteroatoms. The highest BCUT2D eigenvalue weighted by molar-refractivity contribution is 9.11. The monoisotopic (exact) mass is 423 g/mol. The molecule has 1 atom stereocenters. The second-order valence-electron chi connectivity index (χ2n) is 5.13. The average molecular weight is 425 g/mol. The SMILES string of the molecule is Cc1cc(Br)c(NCC(O)COCCOC(C)C)c(Br)c1. The van der Waals surface area contributed by atoms with Crippen LogP contribution in [0.3, 0.4) is 0 Å². The fourth-order valence-corrected chi connectivity index (χ4v) is 3.41. The van der Waals surface area contributed by atoms with E-state index in [0.717, 1.165) is 20.2 Å². The van der Waals surface area contributed by atoms with Crippen LogP contribution >= 0.6 is 31.9 Å². The highest BCUT2D eigenvalue weighted by Crippen LogP contribution is 2.32. The number of aliphatic hydroxyl groups excluding tert-OH is 1. The fourth-order valence-electron chi connectivity index (χ4n) is 1.71. The maximum absolute atomic E-state index is 9.90. The molecule has 0 aromatic heterocycles. The Morgan fingerprint density at radius 2 is 1.81 bits per heavy atom. The zero-order valence-corrected chi connectivity index (χ0v) is 15.8. The normalized spacial score (nSPS) is 12.7. The minimum atomic E-state index is -0.566. The molecular weight excluding hydrogens is 402 g/mol. The van der Waals surface area contributed by atoms with Gasteiger partial charge in [0.25, 0.3) is 0 Å². The average Bonchev–Trinajstić information content (AvgIpc) is 2.36. The van der Waals surface area contributed by atoms with E-state index in [-0.39, 0.29) is 12.7 Å². The highest BCUT2D eigenvalue weighted by atomic mass is 79.9. The Kier molecular flexibility index (Phi) is 8.82. The summed E-state index contributed by atoms with van der Waals surface area (Å²) in [6.07, 6.45) is -0.361. The van der Waals surface area contributed by atoms with Gasteiger partial charge in [0.05, 0.1) is 37.7 Å². The Labute approximate surface area is 143 Å². The number of aryl methyl sites for hydroxylation is 1. The number of hydrogen-bond donors (Lipinski definition) is 2. The fraction of sp³-hybridized carbons (Fsp3) is 0.600. The lowest BCUT2D eigenvalue weighted by Gasteiger charge is -2.16. The lowest BCUT2D eigenvalue weighted by Crippen LogP contribution is -2.26. The summed E-state index contributed by atoms with van der Waals surface area (Å²) in [5, 5.41) is 13.1. The number of hydrogen-bond acceptors (Lipinski definition) is 4. The molecule has 0 saturated heterocycles. The number of anilines is 1. The van der Waals surface area contributed by atoms with E-state index in [1.807, 2.05) is 32.9 Å². The second kappa shape index (κ2) is 9.79. The van der Waals surface area contributed by atoms with E-state index in [1.54, 1.807) is 0 Å². The first kappa shape index (κ1) is 18.9. The maximum Gasteiger partial charge on any atom is 0.0945 e. The van der Waals surface area contributed by atoms with Gasteiger partial charge in [0.15, 0.2) is 0 Å². The van der Waals surface area contributed by atoms with Crippen molar-refractivity contribution in [2.45, 2.75) is 33.0 Å². The topological polar surface area (TPSA) is 50.7 Å². The molecule has 0 fully saturated rings. The molecule has 1 aromatic carbocycles. The Hall–Kier alpha value is -0.140. The molecule has 4 nitrogen and oxygen atoms in total. The summed E-state index contributed by atoms with van der Waals surface area (Å²) in [5.41, 5.74) is 2.09. The van der Waals surface area contributed by atoms with Gasteiger partial charge in [0.2, 0.25) is 0 Å². The lowest BCUT2D eigenvalue weighted by molar-refractivity contribution is -0.00734. The van der Waals surface area contributed by atoms with Gasteiger partial charge < -0.3 is 19.9 Å². The molecule has 0 amide bonds. The standard InChI is InChI=1S/C15H23Br2NO3/c1-10(2)21-5-4-20-9-12(19)8-18-15-13(16)6-11(3)7-14(15)17/h6-7,10,12,18-19H,4-5,8-9H2,1-3H3. The zero-order chi connectivity index (χ0) is 15.8. The number of benzene rings is 1. The van der Waals surface area contributed by atoms with Crippen molar-refractivity contribution in [2.75, 3.05) is 31.7 Å². The smallest absolute Gasteiger partial charge is 0.0945 e. The molecule has 2 N–H and O–H groups in total. The van der Waals surface area contributed by atoms with Crippen molar-refractivity contribution < 1.29 is 14.6 Å². The molecule has 0 aliphatic heterocycles. The summed E-state index contributed by atoms with van der Waals surface area (Å²) >= 11 is 7.03. The summed E-state index contributed by atoms with van der Waals surface area (Å²) in [6.45, 7) is 7.74. The van der Waals surface area contributed by atoms with Gasteiger partial charge in [0, 0.05) is 15.5 Å². The molecule has 0 radical (unpaired) electrons. The molecule has 0 saturated carbocycles. The Morgan fingerprint density at radius 3 is 2.38 bits per heavy atom. The molecule has 0 aliphatic rings. The minimum absolute atomic E-state index is 0.205. The van der Waals surface area contributed by atoms with E-state index < -0.39 is 6.10 Å². The molecule has 0 bridgehead atoms. The van der Waals surface area contributed by atoms with Crippen molar-refractivity contribution in [3.8, 4) is 0 Å². The van der Waals surface area contributed by atoms with Crippen LogP contribution in [0.4, 0.5) is 5.69 Å². The first-order chi connectivity index (χ1) is 9.90. The van der Waals surface area contributed by atoms with E-state index >= 15 is 0 Å². The predicted octanol–water partition coefficient (Wildman–Crippen LogP) is 3.73. The van der Waals surface area contributed by atoms with Gasteiger partial charge in [-0.15, -0.1) is 0 Å². The molecule has 1 rings (SSSR count). The van der Waals surface area contributed by atoms with Gasteiger partial charge in [-0.3, -0.25) is 0 Å². The van der Waals surface area contributed by atoms with Crippen LogP contribution in [0.25, 0.3) is 0 Å². The zero-order valence-electron chi connectivity index (χ0n) is 12.7. The number of nitrogens with one attached hydrogen (secondary N) is 1. The van der Waals surface area contributed by atoms with Gasteiger partial charge in [-0.05, 0) is 70.3 Å². The molecule has 0 heterocycles. The van der Waals surface area contributed by atoms with Crippen LogP contribution in [-0.4, -0.2) is 43.7 Å². The van der Waals surface area contributed by atoms with E-state index in [4.69, 9.17) is 9.47 Å². The minimum Gasteiger partial charge on any atom is -0.389 e. The Balaban J connectivity index is 2.29. The van der Waals surface area contributed by atoms with Crippen LogP contribution in [0.1, 0.15) is 19.4 Å². The van der Waals surface area contributed by atoms with Crippen molar-refractivity contribution in [3.05, 3.63) is 26.6 Å². The largest absolute Gasteiger partial charge is 0.389 e. The highest BCUT2D eigenvalue weighted by Gasteiger charge is 2.09. The van der Waals surface area contributed by atoms with E-state index in [0.29, 0.717) is 19.8 Å². The summed E-state index contributed by atoms with van der Waals surface area (Å²) in [5.74, 6) is 0. The van der Waals surface area contributed by atoms with Crippen LogP contribution in [-0.2, 0) is 9.47 Å². The van der Waals surface area contributed by atoms with E-state index in [9.17, 15) is 5.11 Å². The third-order valence-corrected chi connectivity index (χ3v) is 3.94. The second-order valence-corrected chi connectivity index (χ2v) is 6.84. The van der Waals surface area contributed by atoms with Gasteiger partial charge >= 0.3 is 0 Å². The molecule has 0 spiro atoms. The quantitative estimate of drug-likeness (QED) is 0.593. The predicted molar refractivity (Wildman–Crippen MR) is 93.0 cm³/mol. The van der Waals surface area contributed by atoms with E-state index in [2.05, 4.69) is 37.2 Å². The number of rotatable bonds is 9. The molecule has 21 heavy (non-hydrogen) atoms. The molecule has 1 aromatic rings. The van der Waals surface area contributed by atoms with Crippen molar-refractivity contribution in [1.82, 2.24) is 0 Å². The van der Waals surface area contributed by atoms with Gasteiger partial charge in [-0.2, -0.15) is 0 Å². The third kappa shape index (κ3) is 7.61. The summed E-state index contributed by atoms with van der Waals surface area (Å²) in [6, 6.07) is 4.05. The van der Waals surface area contributed by atoms with Crippen LogP contribution in [0.5, 0.6) is 0 Å². The van der Waals surface area contributed by atoms with Gasteiger partial charge in [0.1, 0.15) is 0 Å². The Bertz CT molecular complexity index is 418. The first-order valence-corrected chi connectivity index (χ1v) is 8.55.